The average molecular weight is 397 g/mol. The minimum Gasteiger partial charge on any atom is -0.482 e. The van der Waals surface area contributed by atoms with Gasteiger partial charge in [-0.2, -0.15) is 0 Å². The first-order chi connectivity index (χ1) is 14.0. The summed E-state index contributed by atoms with van der Waals surface area (Å²) in [7, 11) is 0. The number of para-hydroxylation sites is 2. The Morgan fingerprint density at radius 2 is 1.62 bits per heavy atom. The number of carboxylic acids is 1. The van der Waals surface area contributed by atoms with Gasteiger partial charge < -0.3 is 15.2 Å². The van der Waals surface area contributed by atoms with Crippen LogP contribution in [-0.4, -0.2) is 32.7 Å². The first-order valence-electron chi connectivity index (χ1n) is 9.42. The van der Waals surface area contributed by atoms with E-state index in [0.29, 0.717) is 18.0 Å². The fourth-order valence-electron chi connectivity index (χ4n) is 3.14. The van der Waals surface area contributed by atoms with Crippen molar-refractivity contribution in [3.63, 3.8) is 0 Å². The highest BCUT2D eigenvalue weighted by Crippen LogP contribution is 2.17. The summed E-state index contributed by atoms with van der Waals surface area (Å²) in [6.45, 7) is 2.51. The van der Waals surface area contributed by atoms with Crippen LogP contribution < -0.4 is 15.7 Å². The number of hydrogen-bond donors (Lipinski definition) is 2. The van der Waals surface area contributed by atoms with Gasteiger partial charge in [-0.15, -0.1) is 0 Å². The number of carbonyl (C=O) groups excluding carboxylic acids is 1. The molecule has 0 radical (unpaired) electrons. The SMILES string of the molecule is CCCn1c(=O)n(CCC(=O)Nc2ccc(OCC(=O)O)cc2)c2ccccc21. The molecule has 1 amide bonds. The van der Waals surface area contributed by atoms with Gasteiger partial charge in [0.05, 0.1) is 11.0 Å². The molecule has 1 heterocycles. The van der Waals surface area contributed by atoms with Gasteiger partial charge in [0.15, 0.2) is 6.61 Å². The van der Waals surface area contributed by atoms with E-state index in [4.69, 9.17) is 9.84 Å². The van der Waals surface area contributed by atoms with Crippen LogP contribution in [0.4, 0.5) is 5.69 Å². The maximum Gasteiger partial charge on any atom is 0.341 e. The number of benzene rings is 2. The summed E-state index contributed by atoms with van der Waals surface area (Å²) in [6.07, 6.45) is 0.998. The number of fused-ring (bicyclic) bond motifs is 1. The molecule has 29 heavy (non-hydrogen) atoms. The normalized spacial score (nSPS) is 10.8. The number of anilines is 1. The number of aryl methyl sites for hydroxylation is 2. The molecule has 0 atom stereocenters. The Morgan fingerprint density at radius 1 is 1.00 bits per heavy atom. The lowest BCUT2D eigenvalue weighted by Gasteiger charge is -2.08. The van der Waals surface area contributed by atoms with Gasteiger partial charge in [-0.3, -0.25) is 13.9 Å². The molecule has 8 nitrogen and oxygen atoms in total. The lowest BCUT2D eigenvalue weighted by Crippen LogP contribution is -2.26. The number of aliphatic carboxylic acids is 1. The Kier molecular flexibility index (Phi) is 6.33. The molecule has 1 aromatic heterocycles. The number of nitrogens with one attached hydrogen (secondary N) is 1. The van der Waals surface area contributed by atoms with Crippen molar-refractivity contribution in [2.45, 2.75) is 32.9 Å². The Balaban J connectivity index is 1.65. The number of imidazole rings is 1. The van der Waals surface area contributed by atoms with Crippen LogP contribution >= 0.6 is 0 Å². The minimum absolute atomic E-state index is 0.110. The lowest BCUT2D eigenvalue weighted by molar-refractivity contribution is -0.139. The highest BCUT2D eigenvalue weighted by Gasteiger charge is 2.13. The van der Waals surface area contributed by atoms with Crippen LogP contribution in [0.3, 0.4) is 0 Å². The second-order valence-corrected chi connectivity index (χ2v) is 6.58. The average Bonchev–Trinajstić information content (AvgIpc) is 2.97. The maximum absolute atomic E-state index is 12.7. The number of carbonyl (C=O) groups is 2. The van der Waals surface area contributed by atoms with Crippen LogP contribution in [0.1, 0.15) is 19.8 Å². The van der Waals surface area contributed by atoms with Crippen LogP contribution in [0, 0.1) is 0 Å². The maximum atomic E-state index is 12.7. The molecule has 0 saturated heterocycles. The molecular weight excluding hydrogens is 374 g/mol. The van der Waals surface area contributed by atoms with Gasteiger partial charge in [-0.05, 0) is 42.8 Å². The van der Waals surface area contributed by atoms with E-state index in [1.807, 2.05) is 31.2 Å². The number of nitrogens with zero attached hydrogens (tertiary/aromatic N) is 2. The summed E-state index contributed by atoms with van der Waals surface area (Å²) in [6, 6.07) is 14.0. The molecule has 2 aromatic carbocycles. The second-order valence-electron chi connectivity index (χ2n) is 6.58. The first kappa shape index (κ1) is 20.2. The van der Waals surface area contributed by atoms with Crippen LogP contribution in [0.5, 0.6) is 5.75 Å². The molecule has 0 spiro atoms. The van der Waals surface area contributed by atoms with E-state index >= 15 is 0 Å². The Hall–Kier alpha value is -3.55. The van der Waals surface area contributed by atoms with Gasteiger partial charge in [0.2, 0.25) is 5.91 Å². The third kappa shape index (κ3) is 4.84. The van der Waals surface area contributed by atoms with Gasteiger partial charge in [-0.25, -0.2) is 9.59 Å². The van der Waals surface area contributed by atoms with Crippen molar-refractivity contribution in [3.05, 3.63) is 59.0 Å². The Labute approximate surface area is 167 Å². The molecule has 0 aliphatic heterocycles. The van der Waals surface area contributed by atoms with Gasteiger partial charge in [-0.1, -0.05) is 19.1 Å². The highest BCUT2D eigenvalue weighted by atomic mass is 16.5. The number of rotatable bonds is 9. The van der Waals surface area contributed by atoms with E-state index in [1.54, 1.807) is 33.4 Å². The number of ether oxygens (including phenoxy) is 1. The van der Waals surface area contributed by atoms with E-state index in [9.17, 15) is 14.4 Å². The molecule has 3 aromatic rings. The molecule has 152 valence electrons. The topological polar surface area (TPSA) is 103 Å². The zero-order valence-electron chi connectivity index (χ0n) is 16.1. The number of carboxylic acid groups (broad SMARTS) is 1. The zero-order valence-corrected chi connectivity index (χ0v) is 16.1. The van der Waals surface area contributed by atoms with Crippen molar-refractivity contribution in [2.75, 3.05) is 11.9 Å². The second kappa shape index (κ2) is 9.09. The summed E-state index contributed by atoms with van der Waals surface area (Å²) in [5, 5.41) is 11.4. The van der Waals surface area contributed by atoms with Crippen LogP contribution in [0.2, 0.25) is 0 Å². The van der Waals surface area contributed by atoms with E-state index < -0.39 is 12.6 Å². The van der Waals surface area contributed by atoms with E-state index in [1.165, 1.54) is 0 Å². The van der Waals surface area contributed by atoms with Crippen LogP contribution in [0.25, 0.3) is 11.0 Å². The third-order valence-corrected chi connectivity index (χ3v) is 4.44. The van der Waals surface area contributed by atoms with E-state index in [-0.39, 0.29) is 24.6 Å². The largest absolute Gasteiger partial charge is 0.482 e. The van der Waals surface area contributed by atoms with E-state index in [2.05, 4.69) is 5.32 Å². The molecule has 0 aliphatic rings. The molecule has 3 rings (SSSR count). The summed E-state index contributed by atoms with van der Waals surface area (Å²) in [4.78, 5) is 35.6. The molecule has 0 fully saturated rings. The molecule has 0 saturated carbocycles. The predicted molar refractivity (Wildman–Crippen MR) is 109 cm³/mol. The van der Waals surface area contributed by atoms with Crippen LogP contribution in [0.15, 0.2) is 53.3 Å². The highest BCUT2D eigenvalue weighted by molar-refractivity contribution is 5.90. The minimum atomic E-state index is -1.06. The van der Waals surface area contributed by atoms with Crippen molar-refractivity contribution in [2.24, 2.45) is 0 Å². The molecule has 0 aliphatic carbocycles. The standard InChI is InChI=1S/C21H23N3O5/c1-2-12-23-17-5-3-4-6-18(17)24(21(23)28)13-11-19(25)22-15-7-9-16(10-8-15)29-14-20(26)27/h3-10H,2,11-14H2,1H3,(H,22,25)(H,26,27). The predicted octanol–water partition coefficient (Wildman–Crippen LogP) is 2.71. The lowest BCUT2D eigenvalue weighted by atomic mass is 10.2. The molecular formula is C21H23N3O5. The van der Waals surface area contributed by atoms with Crippen LogP contribution in [-0.2, 0) is 22.7 Å². The summed E-state index contributed by atoms with van der Waals surface area (Å²) in [5.41, 5.74) is 2.15. The molecule has 0 bridgehead atoms. The molecule has 8 heteroatoms. The van der Waals surface area contributed by atoms with Gasteiger partial charge in [0.25, 0.3) is 0 Å². The van der Waals surface area contributed by atoms with Gasteiger partial charge >= 0.3 is 11.7 Å². The fourth-order valence-corrected chi connectivity index (χ4v) is 3.14. The monoisotopic (exact) mass is 397 g/mol. The summed E-state index contributed by atoms with van der Waals surface area (Å²) < 4.78 is 8.43. The summed E-state index contributed by atoms with van der Waals surface area (Å²) >= 11 is 0. The van der Waals surface area contributed by atoms with Crippen molar-refractivity contribution >= 4 is 28.6 Å². The van der Waals surface area contributed by atoms with Gasteiger partial charge in [0, 0.05) is 25.2 Å². The zero-order chi connectivity index (χ0) is 20.8. The van der Waals surface area contributed by atoms with Crippen molar-refractivity contribution < 1.29 is 19.4 Å². The third-order valence-electron chi connectivity index (χ3n) is 4.44. The Bertz CT molecular complexity index is 1070. The summed E-state index contributed by atoms with van der Waals surface area (Å²) in [5.74, 6) is -0.873. The number of aromatic nitrogens is 2. The quantitative estimate of drug-likeness (QED) is 0.578. The van der Waals surface area contributed by atoms with E-state index in [0.717, 1.165) is 17.5 Å². The van der Waals surface area contributed by atoms with Crippen molar-refractivity contribution in [1.82, 2.24) is 9.13 Å². The first-order valence-corrected chi connectivity index (χ1v) is 9.42. The van der Waals surface area contributed by atoms with Crippen molar-refractivity contribution in [3.8, 4) is 5.75 Å². The van der Waals surface area contributed by atoms with Gasteiger partial charge in [0.1, 0.15) is 5.75 Å². The van der Waals surface area contributed by atoms with Crippen molar-refractivity contribution in [1.29, 1.82) is 0 Å². The smallest absolute Gasteiger partial charge is 0.341 e. The number of hydrogen-bond acceptors (Lipinski definition) is 4. The molecule has 0 unspecified atom stereocenters. The molecule has 2 N–H and O–H groups in total. The Morgan fingerprint density at radius 3 is 2.21 bits per heavy atom. The number of amides is 1. The fraction of sp³-hybridized carbons (Fsp3) is 0.286.